The van der Waals surface area contributed by atoms with Crippen LogP contribution in [0.4, 0.5) is 17.1 Å². The minimum Gasteiger partial charge on any atom is -0.397 e. The Labute approximate surface area is 127 Å². The highest BCUT2D eigenvalue weighted by molar-refractivity contribution is 7.09. The topological polar surface area (TPSA) is 58.4 Å². The van der Waals surface area contributed by atoms with Crippen LogP contribution in [0.5, 0.6) is 0 Å². The maximum atomic E-state index is 11.5. The highest BCUT2D eigenvalue weighted by Gasteiger charge is 2.31. The van der Waals surface area contributed by atoms with E-state index in [2.05, 4.69) is 27.7 Å². The number of benzene rings is 1. The second kappa shape index (κ2) is 4.77. The van der Waals surface area contributed by atoms with Crippen molar-refractivity contribution in [2.45, 2.75) is 31.8 Å². The zero-order valence-corrected chi connectivity index (χ0v) is 12.5. The van der Waals surface area contributed by atoms with E-state index >= 15 is 0 Å². The molecule has 3 N–H and O–H groups in total. The monoisotopic (exact) mass is 299 g/mol. The van der Waals surface area contributed by atoms with Crippen molar-refractivity contribution in [3.63, 3.8) is 0 Å². The first-order valence-electron chi connectivity index (χ1n) is 7.22. The summed E-state index contributed by atoms with van der Waals surface area (Å²) in [6.45, 7) is 0.888. The zero-order chi connectivity index (χ0) is 14.4. The molecule has 0 radical (unpaired) electrons. The number of thiophene rings is 1. The average molecular weight is 299 g/mol. The van der Waals surface area contributed by atoms with Gasteiger partial charge in [-0.25, -0.2) is 0 Å². The van der Waals surface area contributed by atoms with Gasteiger partial charge in [0.15, 0.2) is 0 Å². The Morgan fingerprint density at radius 3 is 2.95 bits per heavy atom. The lowest BCUT2D eigenvalue weighted by molar-refractivity contribution is -0.115. The van der Waals surface area contributed by atoms with E-state index in [0.717, 1.165) is 29.2 Å². The van der Waals surface area contributed by atoms with Crippen molar-refractivity contribution in [3.05, 3.63) is 40.1 Å². The molecule has 4 rings (SSSR count). The highest BCUT2D eigenvalue weighted by atomic mass is 32.1. The molecule has 1 saturated carbocycles. The van der Waals surface area contributed by atoms with Crippen LogP contribution < -0.4 is 16.0 Å². The minimum absolute atomic E-state index is 0.0535. The van der Waals surface area contributed by atoms with Crippen molar-refractivity contribution >= 4 is 34.3 Å². The molecule has 1 amide bonds. The minimum atomic E-state index is 0.0535. The number of nitrogen functional groups attached to an aromatic ring is 1. The molecular formula is C16H17N3OS. The molecule has 0 unspecified atom stereocenters. The van der Waals surface area contributed by atoms with Gasteiger partial charge in [-0.15, -0.1) is 11.3 Å². The van der Waals surface area contributed by atoms with Crippen molar-refractivity contribution in [2.24, 2.45) is 0 Å². The van der Waals surface area contributed by atoms with E-state index in [4.69, 9.17) is 5.73 Å². The molecule has 0 atom stereocenters. The van der Waals surface area contributed by atoms with Gasteiger partial charge in [-0.2, -0.15) is 0 Å². The van der Waals surface area contributed by atoms with Crippen LogP contribution in [0, 0.1) is 0 Å². The molecule has 21 heavy (non-hydrogen) atoms. The van der Waals surface area contributed by atoms with Gasteiger partial charge in [-0.3, -0.25) is 4.79 Å². The summed E-state index contributed by atoms with van der Waals surface area (Å²) in [6, 6.07) is 8.81. The Bertz CT molecular complexity index is 692. The number of nitrogens with one attached hydrogen (secondary N) is 1. The summed E-state index contributed by atoms with van der Waals surface area (Å²) in [5.74, 6) is 0.0535. The van der Waals surface area contributed by atoms with Crippen LogP contribution >= 0.6 is 11.3 Å². The number of hydrogen-bond acceptors (Lipinski definition) is 4. The molecule has 1 aromatic heterocycles. The molecule has 108 valence electrons. The molecule has 1 fully saturated rings. The summed E-state index contributed by atoms with van der Waals surface area (Å²) in [7, 11) is 0. The van der Waals surface area contributed by atoms with Crippen LogP contribution in [0.15, 0.2) is 29.6 Å². The van der Waals surface area contributed by atoms with Crippen molar-refractivity contribution in [2.75, 3.05) is 16.0 Å². The van der Waals surface area contributed by atoms with Crippen LogP contribution in [0.1, 0.15) is 23.3 Å². The second-order valence-corrected chi connectivity index (χ2v) is 6.76. The lowest BCUT2D eigenvalue weighted by Crippen LogP contribution is -2.25. The molecule has 2 aliphatic rings. The molecule has 1 aliphatic carbocycles. The van der Waals surface area contributed by atoms with Gasteiger partial charge in [0.05, 0.1) is 24.3 Å². The fraction of sp³-hybridized carbons (Fsp3) is 0.312. The SMILES string of the molecule is Nc1cc2c(cc1N(Cc1cccs1)C1CC1)NC(=O)C2. The molecule has 2 aromatic rings. The predicted octanol–water partition coefficient (Wildman–Crippen LogP) is 2.99. The van der Waals surface area contributed by atoms with Gasteiger partial charge in [0.2, 0.25) is 5.91 Å². The second-order valence-electron chi connectivity index (χ2n) is 5.73. The van der Waals surface area contributed by atoms with Crippen LogP contribution in [0.3, 0.4) is 0 Å². The third-order valence-corrected chi connectivity index (χ3v) is 4.94. The van der Waals surface area contributed by atoms with Crippen molar-refractivity contribution < 1.29 is 4.79 Å². The number of fused-ring (bicyclic) bond motifs is 1. The van der Waals surface area contributed by atoms with Crippen LogP contribution in [-0.2, 0) is 17.8 Å². The van der Waals surface area contributed by atoms with Gasteiger partial charge >= 0.3 is 0 Å². The van der Waals surface area contributed by atoms with Crippen molar-refractivity contribution in [1.29, 1.82) is 0 Å². The number of anilines is 3. The smallest absolute Gasteiger partial charge is 0.228 e. The number of amides is 1. The Kier molecular flexibility index (Phi) is 2.89. The van der Waals surface area contributed by atoms with Crippen LogP contribution in [0.25, 0.3) is 0 Å². The molecular weight excluding hydrogens is 282 g/mol. The lowest BCUT2D eigenvalue weighted by Gasteiger charge is -2.26. The number of nitrogens with two attached hydrogens (primary N) is 1. The molecule has 0 bridgehead atoms. The summed E-state index contributed by atoms with van der Waals surface area (Å²) >= 11 is 1.77. The normalized spacial score (nSPS) is 16.7. The highest BCUT2D eigenvalue weighted by Crippen LogP contribution is 2.40. The molecule has 2 heterocycles. The number of carbonyl (C=O) groups is 1. The fourth-order valence-electron chi connectivity index (χ4n) is 2.90. The molecule has 0 spiro atoms. The lowest BCUT2D eigenvalue weighted by atomic mass is 10.1. The molecule has 1 aromatic carbocycles. The maximum absolute atomic E-state index is 11.5. The van der Waals surface area contributed by atoms with E-state index in [1.54, 1.807) is 11.3 Å². The van der Waals surface area contributed by atoms with Gasteiger partial charge < -0.3 is 16.0 Å². The summed E-state index contributed by atoms with van der Waals surface area (Å²) < 4.78 is 0. The van der Waals surface area contributed by atoms with Crippen LogP contribution in [0.2, 0.25) is 0 Å². The third-order valence-electron chi connectivity index (χ3n) is 4.08. The van der Waals surface area contributed by atoms with E-state index < -0.39 is 0 Å². The molecule has 4 nitrogen and oxygen atoms in total. The van der Waals surface area contributed by atoms with Gasteiger partial charge in [0.25, 0.3) is 0 Å². The maximum Gasteiger partial charge on any atom is 0.228 e. The first-order valence-corrected chi connectivity index (χ1v) is 8.10. The number of nitrogens with zero attached hydrogens (tertiary/aromatic N) is 1. The summed E-state index contributed by atoms with van der Waals surface area (Å²) in [4.78, 5) is 15.3. The Balaban J connectivity index is 1.70. The Morgan fingerprint density at radius 2 is 2.24 bits per heavy atom. The molecule has 5 heteroatoms. The van der Waals surface area contributed by atoms with Crippen molar-refractivity contribution in [3.8, 4) is 0 Å². The summed E-state index contributed by atoms with van der Waals surface area (Å²) in [5.41, 5.74) is 10.0. The fourth-order valence-corrected chi connectivity index (χ4v) is 3.60. The first-order chi connectivity index (χ1) is 10.2. The first kappa shape index (κ1) is 12.7. The quantitative estimate of drug-likeness (QED) is 0.853. The Hall–Kier alpha value is -2.01. The largest absolute Gasteiger partial charge is 0.397 e. The molecule has 1 aliphatic heterocycles. The number of rotatable bonds is 4. The van der Waals surface area contributed by atoms with Gasteiger partial charge in [0.1, 0.15) is 0 Å². The summed E-state index contributed by atoms with van der Waals surface area (Å²) in [5, 5.41) is 5.02. The number of hydrogen-bond donors (Lipinski definition) is 2. The van der Waals surface area contributed by atoms with Crippen LogP contribution in [-0.4, -0.2) is 11.9 Å². The Morgan fingerprint density at radius 1 is 1.38 bits per heavy atom. The van der Waals surface area contributed by atoms with E-state index in [9.17, 15) is 4.79 Å². The van der Waals surface area contributed by atoms with Gasteiger partial charge in [0, 0.05) is 16.6 Å². The zero-order valence-electron chi connectivity index (χ0n) is 11.6. The average Bonchev–Trinajstić information content (AvgIpc) is 3.03. The van der Waals surface area contributed by atoms with Gasteiger partial charge in [-0.05, 0) is 42.0 Å². The number of carbonyl (C=O) groups excluding carboxylic acids is 1. The predicted molar refractivity (Wildman–Crippen MR) is 86.7 cm³/mol. The molecule has 0 saturated heterocycles. The van der Waals surface area contributed by atoms with E-state index in [1.807, 2.05) is 12.1 Å². The standard InChI is InChI=1S/C16H17N3OS/c17-13-6-10-7-16(20)18-14(10)8-15(13)19(11-3-4-11)9-12-2-1-5-21-12/h1-2,5-6,8,11H,3-4,7,9,17H2,(H,18,20). The summed E-state index contributed by atoms with van der Waals surface area (Å²) in [6.07, 6.45) is 2.87. The van der Waals surface area contributed by atoms with E-state index in [0.29, 0.717) is 12.5 Å². The van der Waals surface area contributed by atoms with E-state index in [1.165, 1.54) is 17.7 Å². The van der Waals surface area contributed by atoms with E-state index in [-0.39, 0.29) is 5.91 Å². The van der Waals surface area contributed by atoms with Crippen molar-refractivity contribution in [1.82, 2.24) is 0 Å². The van der Waals surface area contributed by atoms with Gasteiger partial charge in [-0.1, -0.05) is 6.07 Å². The third kappa shape index (κ3) is 2.38.